The van der Waals surface area contributed by atoms with Crippen molar-refractivity contribution in [2.75, 3.05) is 13.2 Å². The summed E-state index contributed by atoms with van der Waals surface area (Å²) < 4.78 is 6.07. The first-order chi connectivity index (χ1) is 8.09. The molecule has 1 unspecified atom stereocenters. The Balaban J connectivity index is 2.06. The Kier molecular flexibility index (Phi) is 3.79. The van der Waals surface area contributed by atoms with Gasteiger partial charge in [0.2, 0.25) is 0 Å². The van der Waals surface area contributed by atoms with Crippen molar-refractivity contribution in [3.8, 4) is 0 Å². The van der Waals surface area contributed by atoms with Crippen LogP contribution >= 0.6 is 15.9 Å². The maximum Gasteiger partial charge on any atom is 0.251 e. The molecule has 0 saturated carbocycles. The minimum Gasteiger partial charge on any atom is -0.379 e. The highest BCUT2D eigenvalue weighted by atomic mass is 79.9. The predicted molar refractivity (Wildman–Crippen MR) is 67.9 cm³/mol. The molecule has 1 saturated heterocycles. The van der Waals surface area contributed by atoms with Crippen LogP contribution in [0.2, 0.25) is 0 Å². The zero-order valence-electron chi connectivity index (χ0n) is 9.70. The van der Waals surface area contributed by atoms with E-state index in [-0.39, 0.29) is 11.4 Å². The quantitative estimate of drug-likeness (QED) is 0.851. The third-order valence-electron chi connectivity index (χ3n) is 2.84. The number of nitrogens with zero attached hydrogens (tertiary/aromatic N) is 1. The molecule has 1 N–H and O–H groups in total. The van der Waals surface area contributed by atoms with Crippen LogP contribution in [0.15, 0.2) is 22.9 Å². The third kappa shape index (κ3) is 3.26. The maximum absolute atomic E-state index is 12.1. The van der Waals surface area contributed by atoms with E-state index in [4.69, 9.17) is 4.74 Å². The molecule has 1 aromatic rings. The number of carbonyl (C=O) groups is 1. The van der Waals surface area contributed by atoms with Crippen LogP contribution < -0.4 is 5.32 Å². The van der Waals surface area contributed by atoms with Crippen molar-refractivity contribution < 1.29 is 9.53 Å². The molecule has 92 valence electrons. The Bertz CT molecular complexity index is 417. The molecule has 1 aliphatic heterocycles. The fraction of sp³-hybridized carbons (Fsp3) is 0.500. The number of pyridine rings is 1. The molecule has 2 heterocycles. The first kappa shape index (κ1) is 12.5. The first-order valence-corrected chi connectivity index (χ1v) is 6.40. The molecule has 1 atom stereocenters. The van der Waals surface area contributed by atoms with Gasteiger partial charge in [-0.3, -0.25) is 4.79 Å². The van der Waals surface area contributed by atoms with Gasteiger partial charge in [0.05, 0.1) is 12.1 Å². The van der Waals surface area contributed by atoms with Gasteiger partial charge in [-0.25, -0.2) is 4.98 Å². The Morgan fingerprint density at radius 2 is 2.47 bits per heavy atom. The molecular weight excluding hydrogens is 284 g/mol. The zero-order chi connectivity index (χ0) is 12.3. The van der Waals surface area contributed by atoms with Crippen molar-refractivity contribution in [1.29, 1.82) is 0 Å². The second-order valence-corrected chi connectivity index (χ2v) is 5.35. The highest BCUT2D eigenvalue weighted by Crippen LogP contribution is 2.19. The van der Waals surface area contributed by atoms with E-state index >= 15 is 0 Å². The van der Waals surface area contributed by atoms with Crippen LogP contribution in [0.1, 0.15) is 30.1 Å². The van der Waals surface area contributed by atoms with E-state index in [0.717, 1.165) is 19.4 Å². The number of halogens is 1. The fourth-order valence-corrected chi connectivity index (χ4v) is 2.29. The van der Waals surface area contributed by atoms with E-state index < -0.39 is 0 Å². The monoisotopic (exact) mass is 298 g/mol. The molecule has 0 aliphatic carbocycles. The summed E-state index contributed by atoms with van der Waals surface area (Å²) in [4.78, 5) is 16.1. The molecule has 1 aliphatic rings. The number of carbonyl (C=O) groups excluding carboxylic acids is 1. The molecule has 1 aromatic heterocycles. The minimum atomic E-state index is -0.259. The van der Waals surface area contributed by atoms with Crippen molar-refractivity contribution in [2.45, 2.75) is 25.3 Å². The van der Waals surface area contributed by atoms with E-state index in [1.54, 1.807) is 18.3 Å². The summed E-state index contributed by atoms with van der Waals surface area (Å²) in [5.41, 5.74) is 0.351. The van der Waals surface area contributed by atoms with E-state index in [1.165, 1.54) is 0 Å². The second-order valence-electron chi connectivity index (χ2n) is 4.54. The Labute approximate surface area is 109 Å². The van der Waals surface area contributed by atoms with E-state index in [2.05, 4.69) is 26.2 Å². The smallest absolute Gasteiger partial charge is 0.251 e. The van der Waals surface area contributed by atoms with Gasteiger partial charge in [-0.05, 0) is 47.8 Å². The summed E-state index contributed by atoms with van der Waals surface area (Å²) in [6, 6.07) is 3.41. The third-order valence-corrected chi connectivity index (χ3v) is 3.28. The van der Waals surface area contributed by atoms with E-state index in [1.807, 2.05) is 6.92 Å². The molecule has 1 amide bonds. The SMILES string of the molecule is CC1(NC(=O)c2ccnc(Br)c2)CCCOC1. The van der Waals surface area contributed by atoms with Crippen molar-refractivity contribution >= 4 is 21.8 Å². The van der Waals surface area contributed by atoms with Crippen LogP contribution in [0.25, 0.3) is 0 Å². The van der Waals surface area contributed by atoms with Gasteiger partial charge in [-0.2, -0.15) is 0 Å². The normalized spacial score (nSPS) is 24.4. The van der Waals surface area contributed by atoms with Crippen LogP contribution in [0, 0.1) is 0 Å². The Morgan fingerprint density at radius 3 is 3.12 bits per heavy atom. The summed E-state index contributed by atoms with van der Waals surface area (Å²) in [6.07, 6.45) is 3.54. The van der Waals surface area contributed by atoms with Gasteiger partial charge in [0.1, 0.15) is 4.60 Å². The first-order valence-electron chi connectivity index (χ1n) is 5.61. The lowest BCUT2D eigenvalue weighted by atomic mass is 9.94. The van der Waals surface area contributed by atoms with E-state index in [0.29, 0.717) is 16.8 Å². The molecule has 4 nitrogen and oxygen atoms in total. The minimum absolute atomic E-state index is 0.0823. The Hall–Kier alpha value is -0.940. The number of hydrogen-bond donors (Lipinski definition) is 1. The standard InChI is InChI=1S/C12H15BrN2O2/c1-12(4-2-6-17-8-12)15-11(16)9-3-5-14-10(13)7-9/h3,5,7H,2,4,6,8H2,1H3,(H,15,16). The predicted octanol–water partition coefficient (Wildman–Crippen LogP) is 2.14. The number of ether oxygens (including phenoxy) is 1. The molecule has 0 bridgehead atoms. The molecule has 17 heavy (non-hydrogen) atoms. The summed E-state index contributed by atoms with van der Waals surface area (Å²) in [7, 11) is 0. The number of nitrogens with one attached hydrogen (secondary N) is 1. The Morgan fingerprint density at radius 1 is 1.65 bits per heavy atom. The summed E-state index contributed by atoms with van der Waals surface area (Å²) >= 11 is 3.25. The fourth-order valence-electron chi connectivity index (χ4n) is 1.92. The molecule has 2 rings (SSSR count). The average molecular weight is 299 g/mol. The highest BCUT2D eigenvalue weighted by Gasteiger charge is 2.29. The second kappa shape index (κ2) is 5.14. The highest BCUT2D eigenvalue weighted by molar-refractivity contribution is 9.10. The number of rotatable bonds is 2. The molecule has 0 spiro atoms. The van der Waals surface area contributed by atoms with Gasteiger partial charge in [0, 0.05) is 18.4 Å². The van der Waals surface area contributed by atoms with Crippen molar-refractivity contribution in [1.82, 2.24) is 10.3 Å². The van der Waals surface area contributed by atoms with Gasteiger partial charge in [0.15, 0.2) is 0 Å². The lowest BCUT2D eigenvalue weighted by Crippen LogP contribution is -2.51. The summed E-state index contributed by atoms with van der Waals surface area (Å²) in [6.45, 7) is 3.37. The van der Waals surface area contributed by atoms with Gasteiger partial charge in [-0.1, -0.05) is 0 Å². The number of hydrogen-bond acceptors (Lipinski definition) is 3. The van der Waals surface area contributed by atoms with Gasteiger partial charge < -0.3 is 10.1 Å². The van der Waals surface area contributed by atoms with Crippen LogP contribution in [-0.4, -0.2) is 29.6 Å². The largest absolute Gasteiger partial charge is 0.379 e. The van der Waals surface area contributed by atoms with E-state index in [9.17, 15) is 4.79 Å². The number of aromatic nitrogens is 1. The lowest BCUT2D eigenvalue weighted by Gasteiger charge is -2.34. The molecule has 1 fully saturated rings. The van der Waals surface area contributed by atoms with Gasteiger partial charge in [0.25, 0.3) is 5.91 Å². The lowest BCUT2D eigenvalue weighted by molar-refractivity contribution is 0.0272. The summed E-state index contributed by atoms with van der Waals surface area (Å²) in [5, 5.41) is 3.03. The molecular formula is C12H15BrN2O2. The molecule has 5 heteroatoms. The van der Waals surface area contributed by atoms with Crippen LogP contribution in [0.5, 0.6) is 0 Å². The average Bonchev–Trinajstić information content (AvgIpc) is 2.29. The van der Waals surface area contributed by atoms with Gasteiger partial charge in [-0.15, -0.1) is 0 Å². The van der Waals surface area contributed by atoms with Gasteiger partial charge >= 0.3 is 0 Å². The molecule has 0 aromatic carbocycles. The maximum atomic E-state index is 12.1. The summed E-state index contributed by atoms with van der Waals surface area (Å²) in [5.74, 6) is -0.0823. The van der Waals surface area contributed by atoms with Crippen molar-refractivity contribution in [2.24, 2.45) is 0 Å². The van der Waals surface area contributed by atoms with Crippen molar-refractivity contribution in [3.05, 3.63) is 28.5 Å². The number of amides is 1. The zero-order valence-corrected chi connectivity index (χ0v) is 11.3. The van der Waals surface area contributed by atoms with Crippen molar-refractivity contribution in [3.63, 3.8) is 0 Å². The van der Waals surface area contributed by atoms with Crippen LogP contribution in [0.3, 0.4) is 0 Å². The molecule has 0 radical (unpaired) electrons. The van der Waals surface area contributed by atoms with Crippen LogP contribution in [-0.2, 0) is 4.74 Å². The topological polar surface area (TPSA) is 51.2 Å². The van der Waals surface area contributed by atoms with Crippen LogP contribution in [0.4, 0.5) is 0 Å².